The van der Waals surface area contributed by atoms with Gasteiger partial charge in [-0.15, -0.1) is 0 Å². The lowest BCUT2D eigenvalue weighted by Crippen LogP contribution is -2.28. The highest BCUT2D eigenvalue weighted by Gasteiger charge is 2.17. The number of aromatic nitrogens is 2. The largest absolute Gasteiger partial charge is 0.363 e. The molecule has 0 aliphatic heterocycles. The SMILES string of the molecule is CC(C)n1ccnc(NC2CCCC2)c1=O. The molecule has 0 aromatic carbocycles. The lowest BCUT2D eigenvalue weighted by Gasteiger charge is -2.14. The van der Waals surface area contributed by atoms with E-state index in [9.17, 15) is 4.79 Å². The first-order valence-electron chi connectivity index (χ1n) is 6.02. The molecule has 1 aromatic heterocycles. The van der Waals surface area contributed by atoms with E-state index in [2.05, 4.69) is 10.3 Å². The number of anilines is 1. The fourth-order valence-corrected chi connectivity index (χ4v) is 2.19. The average Bonchev–Trinajstić information content (AvgIpc) is 2.73. The van der Waals surface area contributed by atoms with Gasteiger partial charge in [0.15, 0.2) is 5.82 Å². The minimum Gasteiger partial charge on any atom is -0.363 e. The molecule has 0 atom stereocenters. The van der Waals surface area contributed by atoms with Gasteiger partial charge in [-0.2, -0.15) is 0 Å². The van der Waals surface area contributed by atoms with Gasteiger partial charge >= 0.3 is 0 Å². The summed E-state index contributed by atoms with van der Waals surface area (Å²) in [5.74, 6) is 0.503. The maximum absolute atomic E-state index is 12.0. The molecule has 4 nitrogen and oxygen atoms in total. The van der Waals surface area contributed by atoms with Crippen molar-refractivity contribution in [3.05, 3.63) is 22.7 Å². The minimum atomic E-state index is -0.00981. The second-order valence-corrected chi connectivity index (χ2v) is 4.71. The van der Waals surface area contributed by atoms with Gasteiger partial charge in [-0.1, -0.05) is 12.8 Å². The van der Waals surface area contributed by atoms with Gasteiger partial charge in [0.1, 0.15) is 0 Å². The number of nitrogens with one attached hydrogen (secondary N) is 1. The van der Waals surface area contributed by atoms with E-state index in [1.165, 1.54) is 12.8 Å². The van der Waals surface area contributed by atoms with Crippen LogP contribution in [0.15, 0.2) is 17.2 Å². The number of hydrogen-bond donors (Lipinski definition) is 1. The van der Waals surface area contributed by atoms with Gasteiger partial charge in [0.2, 0.25) is 0 Å². The fourth-order valence-electron chi connectivity index (χ4n) is 2.19. The van der Waals surface area contributed by atoms with Gasteiger partial charge in [0, 0.05) is 24.5 Å². The summed E-state index contributed by atoms with van der Waals surface area (Å²) in [6, 6.07) is 0.614. The molecular weight excluding hydrogens is 202 g/mol. The zero-order chi connectivity index (χ0) is 11.5. The summed E-state index contributed by atoms with van der Waals surface area (Å²) in [5, 5.41) is 3.26. The topological polar surface area (TPSA) is 46.9 Å². The molecule has 0 unspecified atom stereocenters. The third-order valence-corrected chi connectivity index (χ3v) is 3.12. The Morgan fingerprint density at radius 2 is 2.12 bits per heavy atom. The molecule has 1 aliphatic rings. The zero-order valence-corrected chi connectivity index (χ0v) is 9.94. The van der Waals surface area contributed by atoms with Crippen molar-refractivity contribution in [2.24, 2.45) is 0 Å². The van der Waals surface area contributed by atoms with Crippen molar-refractivity contribution in [3.63, 3.8) is 0 Å². The van der Waals surface area contributed by atoms with Gasteiger partial charge in [0.05, 0.1) is 0 Å². The van der Waals surface area contributed by atoms with E-state index < -0.39 is 0 Å². The fraction of sp³-hybridized carbons (Fsp3) is 0.667. The Hall–Kier alpha value is -1.32. The Morgan fingerprint density at radius 3 is 2.75 bits per heavy atom. The van der Waals surface area contributed by atoms with Gasteiger partial charge < -0.3 is 9.88 Å². The molecule has 1 aliphatic carbocycles. The van der Waals surface area contributed by atoms with Crippen LogP contribution >= 0.6 is 0 Å². The van der Waals surface area contributed by atoms with Crippen molar-refractivity contribution in [2.45, 2.75) is 51.6 Å². The van der Waals surface area contributed by atoms with E-state index in [-0.39, 0.29) is 11.6 Å². The van der Waals surface area contributed by atoms with Crippen LogP contribution < -0.4 is 10.9 Å². The number of rotatable bonds is 3. The van der Waals surface area contributed by atoms with Gasteiger partial charge in [0.25, 0.3) is 5.56 Å². The highest BCUT2D eigenvalue weighted by atomic mass is 16.1. The molecule has 0 bridgehead atoms. The van der Waals surface area contributed by atoms with Crippen LogP contribution in [0, 0.1) is 0 Å². The first kappa shape index (κ1) is 11.2. The molecule has 0 spiro atoms. The minimum absolute atomic E-state index is 0.00981. The number of nitrogens with zero attached hydrogens (tertiary/aromatic N) is 2. The molecule has 88 valence electrons. The molecule has 1 fully saturated rings. The molecule has 1 N–H and O–H groups in total. The van der Waals surface area contributed by atoms with Crippen LogP contribution in [0.3, 0.4) is 0 Å². The van der Waals surface area contributed by atoms with E-state index in [1.807, 2.05) is 13.8 Å². The van der Waals surface area contributed by atoms with Crippen LogP contribution in [0.5, 0.6) is 0 Å². The van der Waals surface area contributed by atoms with E-state index in [1.54, 1.807) is 17.0 Å². The third-order valence-electron chi connectivity index (χ3n) is 3.12. The Balaban J connectivity index is 2.20. The lowest BCUT2D eigenvalue weighted by atomic mass is 10.2. The van der Waals surface area contributed by atoms with Gasteiger partial charge in [-0.05, 0) is 26.7 Å². The van der Waals surface area contributed by atoms with Crippen LogP contribution in [0.25, 0.3) is 0 Å². The van der Waals surface area contributed by atoms with Crippen molar-refractivity contribution in [1.82, 2.24) is 9.55 Å². The van der Waals surface area contributed by atoms with E-state index >= 15 is 0 Å². The Labute approximate surface area is 95.7 Å². The van der Waals surface area contributed by atoms with Crippen LogP contribution in [-0.2, 0) is 0 Å². The maximum atomic E-state index is 12.0. The summed E-state index contributed by atoms with van der Waals surface area (Å²) >= 11 is 0. The van der Waals surface area contributed by atoms with Gasteiger partial charge in [-0.25, -0.2) is 4.98 Å². The number of hydrogen-bond acceptors (Lipinski definition) is 3. The standard InChI is InChI=1S/C12H19N3O/c1-9(2)15-8-7-13-11(12(15)16)14-10-5-3-4-6-10/h7-10H,3-6H2,1-2H3,(H,13,14). The Bertz CT molecular complexity index is 405. The Kier molecular flexibility index (Phi) is 3.27. The third kappa shape index (κ3) is 2.26. The maximum Gasteiger partial charge on any atom is 0.293 e. The smallest absolute Gasteiger partial charge is 0.293 e. The molecule has 1 aromatic rings. The van der Waals surface area contributed by atoms with Crippen molar-refractivity contribution in [1.29, 1.82) is 0 Å². The summed E-state index contributed by atoms with van der Waals surface area (Å²) in [6.07, 6.45) is 8.24. The first-order chi connectivity index (χ1) is 7.68. The normalized spacial score (nSPS) is 16.9. The summed E-state index contributed by atoms with van der Waals surface area (Å²) in [5.41, 5.74) is -0.00981. The van der Waals surface area contributed by atoms with Crippen LogP contribution in [0.2, 0.25) is 0 Å². The van der Waals surface area contributed by atoms with Crippen LogP contribution in [0.4, 0.5) is 5.82 Å². The quantitative estimate of drug-likeness (QED) is 0.851. The van der Waals surface area contributed by atoms with Crippen molar-refractivity contribution in [2.75, 3.05) is 5.32 Å². The average molecular weight is 221 g/mol. The van der Waals surface area contributed by atoms with E-state index in [4.69, 9.17) is 0 Å². The van der Waals surface area contributed by atoms with Gasteiger partial charge in [-0.3, -0.25) is 4.79 Å². The molecule has 1 heterocycles. The second-order valence-electron chi connectivity index (χ2n) is 4.71. The molecule has 4 heteroatoms. The van der Waals surface area contributed by atoms with E-state index in [0.29, 0.717) is 11.9 Å². The highest BCUT2D eigenvalue weighted by Crippen LogP contribution is 2.20. The molecule has 2 rings (SSSR count). The van der Waals surface area contributed by atoms with Crippen LogP contribution in [0.1, 0.15) is 45.6 Å². The van der Waals surface area contributed by atoms with E-state index in [0.717, 1.165) is 12.8 Å². The molecular formula is C12H19N3O. The predicted molar refractivity (Wildman–Crippen MR) is 64.8 cm³/mol. The van der Waals surface area contributed by atoms with Crippen molar-refractivity contribution < 1.29 is 0 Å². The molecule has 16 heavy (non-hydrogen) atoms. The second kappa shape index (κ2) is 4.68. The highest BCUT2D eigenvalue weighted by molar-refractivity contribution is 5.32. The Morgan fingerprint density at radius 1 is 1.44 bits per heavy atom. The first-order valence-corrected chi connectivity index (χ1v) is 6.02. The summed E-state index contributed by atoms with van der Waals surface area (Å²) in [7, 11) is 0. The van der Waals surface area contributed by atoms with Crippen molar-refractivity contribution in [3.8, 4) is 0 Å². The molecule has 0 radical (unpaired) electrons. The zero-order valence-electron chi connectivity index (χ0n) is 9.94. The van der Waals surface area contributed by atoms with Crippen LogP contribution in [-0.4, -0.2) is 15.6 Å². The molecule has 0 saturated heterocycles. The molecule has 1 saturated carbocycles. The predicted octanol–water partition coefficient (Wildman–Crippen LogP) is 2.18. The summed E-state index contributed by atoms with van der Waals surface area (Å²) in [6.45, 7) is 4.00. The summed E-state index contributed by atoms with van der Waals surface area (Å²) in [4.78, 5) is 16.2. The monoisotopic (exact) mass is 221 g/mol. The summed E-state index contributed by atoms with van der Waals surface area (Å²) < 4.78 is 1.71. The van der Waals surface area contributed by atoms with Crippen molar-refractivity contribution >= 4 is 5.82 Å². The molecule has 0 amide bonds. The lowest BCUT2D eigenvalue weighted by molar-refractivity contribution is 0.573.